The number of benzene rings is 1. The van der Waals surface area contributed by atoms with E-state index >= 15 is 0 Å². The number of halogens is 1. The molecular formula is C11H15ClN2O3S. The topological polar surface area (TPSA) is 75.3 Å². The summed E-state index contributed by atoms with van der Waals surface area (Å²) in [4.78, 5) is 11.6. The molecule has 0 radical (unpaired) electrons. The second-order valence-electron chi connectivity index (χ2n) is 3.52. The molecule has 0 aliphatic rings. The summed E-state index contributed by atoms with van der Waals surface area (Å²) < 4.78 is 25.1. The van der Waals surface area contributed by atoms with E-state index in [0.29, 0.717) is 5.56 Å². The van der Waals surface area contributed by atoms with Crippen LogP contribution in [-0.2, 0) is 10.0 Å². The zero-order valence-corrected chi connectivity index (χ0v) is 11.3. The van der Waals surface area contributed by atoms with Crippen LogP contribution in [0.4, 0.5) is 0 Å². The summed E-state index contributed by atoms with van der Waals surface area (Å²) in [6.45, 7) is 0.252. The van der Waals surface area contributed by atoms with Crippen LogP contribution in [0.2, 0.25) is 0 Å². The lowest BCUT2D eigenvalue weighted by atomic mass is 10.2. The predicted octanol–water partition coefficient (Wildman–Crippen LogP) is 0.575. The van der Waals surface area contributed by atoms with Crippen LogP contribution in [0.15, 0.2) is 30.3 Å². The molecule has 0 atom stereocenters. The van der Waals surface area contributed by atoms with E-state index in [2.05, 4.69) is 10.0 Å². The molecule has 2 N–H and O–H groups in total. The number of sulfonamides is 1. The molecule has 0 aliphatic heterocycles. The molecule has 0 bridgehead atoms. The molecule has 0 spiro atoms. The van der Waals surface area contributed by atoms with Gasteiger partial charge in [-0.3, -0.25) is 4.79 Å². The minimum Gasteiger partial charge on any atom is -0.351 e. The molecule has 100 valence electrons. The zero-order chi connectivity index (χ0) is 13.4. The molecule has 1 amide bonds. The van der Waals surface area contributed by atoms with Crippen molar-refractivity contribution in [2.75, 3.05) is 24.7 Å². The fourth-order valence-corrected chi connectivity index (χ4v) is 2.39. The highest BCUT2D eigenvalue weighted by Gasteiger charge is 2.10. The Morgan fingerprint density at radius 1 is 1.17 bits per heavy atom. The summed E-state index contributed by atoms with van der Waals surface area (Å²) in [6, 6.07) is 8.61. The maximum atomic E-state index is 11.6. The number of hydrogen-bond donors (Lipinski definition) is 2. The second-order valence-corrected chi connectivity index (χ2v) is 5.83. The van der Waals surface area contributed by atoms with Gasteiger partial charge in [-0.1, -0.05) is 18.2 Å². The van der Waals surface area contributed by atoms with Crippen LogP contribution in [0.5, 0.6) is 0 Å². The Morgan fingerprint density at radius 3 is 2.44 bits per heavy atom. The van der Waals surface area contributed by atoms with Gasteiger partial charge in [0.15, 0.2) is 0 Å². The molecule has 0 saturated heterocycles. The molecular weight excluding hydrogens is 276 g/mol. The maximum absolute atomic E-state index is 11.6. The van der Waals surface area contributed by atoms with Gasteiger partial charge in [0.25, 0.3) is 5.91 Å². The smallest absolute Gasteiger partial charge is 0.251 e. The second kappa shape index (κ2) is 7.35. The van der Waals surface area contributed by atoms with Crippen molar-refractivity contribution in [2.24, 2.45) is 0 Å². The van der Waals surface area contributed by atoms with Crippen LogP contribution in [0, 0.1) is 0 Å². The third kappa shape index (κ3) is 5.48. The molecule has 1 aromatic carbocycles. The van der Waals surface area contributed by atoms with Crippen molar-refractivity contribution < 1.29 is 13.2 Å². The van der Waals surface area contributed by atoms with E-state index in [4.69, 9.17) is 11.6 Å². The summed E-state index contributed by atoms with van der Waals surface area (Å²) in [5.41, 5.74) is 0.503. The van der Waals surface area contributed by atoms with Gasteiger partial charge in [-0.25, -0.2) is 13.1 Å². The van der Waals surface area contributed by atoms with Crippen molar-refractivity contribution in [3.05, 3.63) is 35.9 Å². The third-order valence-corrected chi connectivity index (χ3v) is 3.68. The molecule has 1 rings (SSSR count). The SMILES string of the molecule is O=C(NCCS(=O)(=O)NCCCl)c1ccccc1. The summed E-state index contributed by atoms with van der Waals surface area (Å²) >= 11 is 5.38. The highest BCUT2D eigenvalue weighted by molar-refractivity contribution is 7.89. The van der Waals surface area contributed by atoms with Crippen molar-refractivity contribution in [3.63, 3.8) is 0 Å². The number of carbonyl (C=O) groups excluding carboxylic acids is 1. The predicted molar refractivity (Wildman–Crippen MR) is 71.3 cm³/mol. The van der Waals surface area contributed by atoms with Crippen molar-refractivity contribution in [1.29, 1.82) is 0 Å². The molecule has 1 aromatic rings. The first kappa shape index (κ1) is 14.9. The van der Waals surface area contributed by atoms with Gasteiger partial charge >= 0.3 is 0 Å². The number of amides is 1. The molecule has 0 fully saturated rings. The lowest BCUT2D eigenvalue weighted by Gasteiger charge is -2.06. The minimum absolute atomic E-state index is 0.0609. The van der Waals surface area contributed by atoms with Crippen LogP contribution in [0.25, 0.3) is 0 Å². The molecule has 0 aromatic heterocycles. The average molecular weight is 291 g/mol. The maximum Gasteiger partial charge on any atom is 0.251 e. The number of rotatable bonds is 7. The van der Waals surface area contributed by atoms with Crippen LogP contribution >= 0.6 is 11.6 Å². The Hall–Kier alpha value is -1.11. The van der Waals surface area contributed by atoms with Crippen LogP contribution in [-0.4, -0.2) is 39.0 Å². The minimum atomic E-state index is -3.37. The fourth-order valence-electron chi connectivity index (χ4n) is 1.26. The Morgan fingerprint density at radius 2 is 1.83 bits per heavy atom. The van der Waals surface area contributed by atoms with E-state index in [1.165, 1.54) is 0 Å². The first-order chi connectivity index (χ1) is 8.55. The third-order valence-electron chi connectivity index (χ3n) is 2.11. The van der Waals surface area contributed by atoms with Gasteiger partial charge in [0.1, 0.15) is 0 Å². The quantitative estimate of drug-likeness (QED) is 0.721. The van der Waals surface area contributed by atoms with Gasteiger partial charge in [0.2, 0.25) is 10.0 Å². The Bertz CT molecular complexity index is 476. The van der Waals surface area contributed by atoms with Crippen molar-refractivity contribution in [1.82, 2.24) is 10.0 Å². The molecule has 5 nitrogen and oxygen atoms in total. The van der Waals surface area contributed by atoms with Gasteiger partial charge in [-0.2, -0.15) is 0 Å². The number of carbonyl (C=O) groups is 1. The lowest BCUT2D eigenvalue weighted by molar-refractivity contribution is 0.0956. The molecule has 18 heavy (non-hydrogen) atoms. The van der Waals surface area contributed by atoms with Crippen molar-refractivity contribution in [3.8, 4) is 0 Å². The highest BCUT2D eigenvalue weighted by atomic mass is 35.5. The van der Waals surface area contributed by atoms with Gasteiger partial charge in [0.05, 0.1) is 5.75 Å². The monoisotopic (exact) mass is 290 g/mol. The van der Waals surface area contributed by atoms with E-state index in [9.17, 15) is 13.2 Å². The largest absolute Gasteiger partial charge is 0.351 e. The Kier molecular flexibility index (Phi) is 6.11. The van der Waals surface area contributed by atoms with Crippen LogP contribution in [0.1, 0.15) is 10.4 Å². The zero-order valence-electron chi connectivity index (χ0n) is 9.73. The average Bonchev–Trinajstić information content (AvgIpc) is 2.37. The Labute approximate surface area is 112 Å². The Balaban J connectivity index is 2.36. The molecule has 0 unspecified atom stereocenters. The van der Waals surface area contributed by atoms with Crippen molar-refractivity contribution in [2.45, 2.75) is 0 Å². The van der Waals surface area contributed by atoms with Crippen molar-refractivity contribution >= 4 is 27.5 Å². The summed E-state index contributed by atoms with van der Waals surface area (Å²) in [5.74, 6) is -0.235. The van der Waals surface area contributed by atoms with E-state index in [1.807, 2.05) is 0 Å². The van der Waals surface area contributed by atoms with E-state index in [-0.39, 0.29) is 30.6 Å². The van der Waals surface area contributed by atoms with Gasteiger partial charge < -0.3 is 5.32 Å². The highest BCUT2D eigenvalue weighted by Crippen LogP contribution is 1.97. The lowest BCUT2D eigenvalue weighted by Crippen LogP contribution is -2.35. The molecule has 0 aliphatic carbocycles. The molecule has 0 saturated carbocycles. The standard InChI is InChI=1S/C11H15ClN2O3S/c12-6-7-14-18(16,17)9-8-13-11(15)10-4-2-1-3-5-10/h1-5,14H,6-9H2,(H,13,15). The first-order valence-electron chi connectivity index (χ1n) is 5.42. The van der Waals surface area contributed by atoms with Gasteiger partial charge in [0, 0.05) is 24.5 Å². The summed E-state index contributed by atoms with van der Waals surface area (Å²) in [6.07, 6.45) is 0. The van der Waals surface area contributed by atoms with Crippen LogP contribution < -0.4 is 10.0 Å². The molecule has 7 heteroatoms. The molecule has 0 heterocycles. The number of hydrogen-bond acceptors (Lipinski definition) is 3. The van der Waals surface area contributed by atoms with Gasteiger partial charge in [-0.15, -0.1) is 11.6 Å². The summed E-state index contributed by atoms with van der Waals surface area (Å²) in [7, 11) is -3.37. The first-order valence-corrected chi connectivity index (χ1v) is 7.60. The number of nitrogens with one attached hydrogen (secondary N) is 2. The number of alkyl halides is 1. The normalized spacial score (nSPS) is 11.2. The summed E-state index contributed by atoms with van der Waals surface area (Å²) in [5, 5.41) is 2.54. The van der Waals surface area contributed by atoms with E-state index in [0.717, 1.165) is 0 Å². The van der Waals surface area contributed by atoms with E-state index < -0.39 is 10.0 Å². The fraction of sp³-hybridized carbons (Fsp3) is 0.364. The van der Waals surface area contributed by atoms with Crippen LogP contribution in [0.3, 0.4) is 0 Å². The van der Waals surface area contributed by atoms with Gasteiger partial charge in [-0.05, 0) is 12.1 Å². The van der Waals surface area contributed by atoms with E-state index in [1.54, 1.807) is 30.3 Å².